The van der Waals surface area contributed by atoms with Crippen LogP contribution in [0.5, 0.6) is 0 Å². The van der Waals surface area contributed by atoms with E-state index in [9.17, 15) is 0 Å². The Labute approximate surface area is 67.3 Å². The van der Waals surface area contributed by atoms with Gasteiger partial charge in [0.15, 0.2) is 0 Å². The van der Waals surface area contributed by atoms with E-state index in [0.717, 1.165) is 18.9 Å². The standard InChI is InChI=1S/C9H10BO/c11-10-9-3-1-2-8(6-9)7-4-5-7/h1-3,6-7,11H,4-5H2. The summed E-state index contributed by atoms with van der Waals surface area (Å²) in [7, 11) is 1.16. The third kappa shape index (κ3) is 1.46. The Kier molecular flexibility index (Phi) is 1.70. The van der Waals surface area contributed by atoms with Gasteiger partial charge in [-0.05, 0) is 24.3 Å². The van der Waals surface area contributed by atoms with Gasteiger partial charge in [-0.25, -0.2) is 0 Å². The van der Waals surface area contributed by atoms with Crippen molar-refractivity contribution in [1.29, 1.82) is 0 Å². The highest BCUT2D eigenvalue weighted by molar-refractivity contribution is 6.45. The predicted molar refractivity (Wildman–Crippen MR) is 46.0 cm³/mol. The van der Waals surface area contributed by atoms with Gasteiger partial charge in [0.05, 0.1) is 0 Å². The number of hydrogen-bond donors (Lipinski definition) is 1. The molecule has 0 heterocycles. The molecule has 0 atom stereocenters. The molecule has 55 valence electrons. The highest BCUT2D eigenvalue weighted by Gasteiger charge is 2.23. The van der Waals surface area contributed by atoms with E-state index < -0.39 is 0 Å². The molecule has 0 unspecified atom stereocenters. The molecule has 0 aliphatic heterocycles. The number of benzene rings is 1. The van der Waals surface area contributed by atoms with E-state index in [1.807, 2.05) is 12.1 Å². The maximum Gasteiger partial charge on any atom is 0.326 e. The van der Waals surface area contributed by atoms with Crippen LogP contribution in [0, 0.1) is 0 Å². The molecule has 0 spiro atoms. The largest absolute Gasteiger partial charge is 0.450 e. The molecule has 1 aliphatic rings. The van der Waals surface area contributed by atoms with E-state index >= 15 is 0 Å². The summed E-state index contributed by atoms with van der Waals surface area (Å²) < 4.78 is 0. The Hall–Kier alpha value is -0.755. The second kappa shape index (κ2) is 2.70. The van der Waals surface area contributed by atoms with Crippen molar-refractivity contribution in [2.24, 2.45) is 0 Å². The molecule has 0 aromatic heterocycles. The van der Waals surface area contributed by atoms with Crippen LogP contribution in [0.4, 0.5) is 0 Å². The van der Waals surface area contributed by atoms with Crippen LogP contribution < -0.4 is 5.46 Å². The topological polar surface area (TPSA) is 20.2 Å². The molecule has 1 aliphatic carbocycles. The Balaban J connectivity index is 2.26. The summed E-state index contributed by atoms with van der Waals surface area (Å²) in [4.78, 5) is 0. The fraction of sp³-hybridized carbons (Fsp3) is 0.333. The van der Waals surface area contributed by atoms with Gasteiger partial charge >= 0.3 is 7.48 Å². The second-order valence-electron chi connectivity index (χ2n) is 3.07. The van der Waals surface area contributed by atoms with Gasteiger partial charge in [0.2, 0.25) is 0 Å². The molecular weight excluding hydrogens is 135 g/mol. The summed E-state index contributed by atoms with van der Waals surface area (Å²) in [6, 6.07) is 8.09. The SMILES string of the molecule is O[B]c1cccc(C2CC2)c1. The Bertz CT molecular complexity index is 255. The Morgan fingerprint density at radius 2 is 2.18 bits per heavy atom. The third-order valence-electron chi connectivity index (χ3n) is 2.11. The van der Waals surface area contributed by atoms with E-state index in [0.29, 0.717) is 0 Å². The normalized spacial score (nSPS) is 16.5. The molecule has 1 aromatic carbocycles. The first-order chi connectivity index (χ1) is 5.40. The lowest BCUT2D eigenvalue weighted by molar-refractivity contribution is 0.615. The maximum absolute atomic E-state index is 8.74. The van der Waals surface area contributed by atoms with Gasteiger partial charge in [-0.15, -0.1) is 0 Å². The quantitative estimate of drug-likeness (QED) is 0.610. The van der Waals surface area contributed by atoms with Gasteiger partial charge in [0, 0.05) is 0 Å². The molecule has 0 saturated heterocycles. The zero-order chi connectivity index (χ0) is 7.68. The minimum atomic E-state index is 0.773. The number of hydrogen-bond acceptors (Lipinski definition) is 1. The highest BCUT2D eigenvalue weighted by atomic mass is 16.2. The molecule has 0 amide bonds. The fourth-order valence-electron chi connectivity index (χ4n) is 1.31. The van der Waals surface area contributed by atoms with Crippen molar-refractivity contribution in [3.8, 4) is 0 Å². The smallest absolute Gasteiger partial charge is 0.326 e. The van der Waals surface area contributed by atoms with Gasteiger partial charge in [-0.2, -0.15) is 0 Å². The van der Waals surface area contributed by atoms with Crippen molar-refractivity contribution in [3.05, 3.63) is 29.8 Å². The first-order valence-corrected chi connectivity index (χ1v) is 3.97. The lowest BCUT2D eigenvalue weighted by Crippen LogP contribution is -2.13. The summed E-state index contributed by atoms with van der Waals surface area (Å²) in [5.41, 5.74) is 2.28. The van der Waals surface area contributed by atoms with Crippen LogP contribution in [0.2, 0.25) is 0 Å². The molecule has 1 N–H and O–H groups in total. The molecule has 1 fully saturated rings. The van der Waals surface area contributed by atoms with Crippen LogP contribution in [-0.2, 0) is 0 Å². The van der Waals surface area contributed by atoms with Crippen molar-refractivity contribution in [2.75, 3.05) is 0 Å². The predicted octanol–water partition coefficient (Wildman–Crippen LogP) is 0.801. The van der Waals surface area contributed by atoms with Gasteiger partial charge in [0.25, 0.3) is 0 Å². The number of rotatable bonds is 2. The summed E-state index contributed by atoms with van der Waals surface area (Å²) in [5, 5.41) is 8.74. The maximum atomic E-state index is 8.74. The summed E-state index contributed by atoms with van der Waals surface area (Å²) >= 11 is 0. The molecule has 2 rings (SSSR count). The monoisotopic (exact) mass is 145 g/mol. The zero-order valence-electron chi connectivity index (χ0n) is 6.33. The molecule has 1 nitrogen and oxygen atoms in total. The van der Waals surface area contributed by atoms with Crippen LogP contribution >= 0.6 is 0 Å². The molecule has 0 bridgehead atoms. The van der Waals surface area contributed by atoms with E-state index in [2.05, 4.69) is 12.1 Å². The summed E-state index contributed by atoms with van der Waals surface area (Å²) in [6.07, 6.45) is 2.63. The summed E-state index contributed by atoms with van der Waals surface area (Å²) in [6.45, 7) is 0. The van der Waals surface area contributed by atoms with Gasteiger partial charge in [-0.1, -0.05) is 29.7 Å². The summed E-state index contributed by atoms with van der Waals surface area (Å²) in [5.74, 6) is 0.773. The van der Waals surface area contributed by atoms with E-state index in [4.69, 9.17) is 5.02 Å². The van der Waals surface area contributed by atoms with Crippen LogP contribution in [0.1, 0.15) is 24.3 Å². The Morgan fingerprint density at radius 1 is 1.36 bits per heavy atom. The lowest BCUT2D eigenvalue weighted by atomic mass is 9.87. The van der Waals surface area contributed by atoms with Crippen molar-refractivity contribution >= 4 is 12.9 Å². The van der Waals surface area contributed by atoms with Gasteiger partial charge in [0.1, 0.15) is 0 Å². The van der Waals surface area contributed by atoms with Crippen LogP contribution in [-0.4, -0.2) is 12.5 Å². The average Bonchev–Trinajstić information content (AvgIpc) is 2.87. The Morgan fingerprint density at radius 3 is 2.82 bits per heavy atom. The molecule has 11 heavy (non-hydrogen) atoms. The molecule has 1 saturated carbocycles. The first-order valence-electron chi connectivity index (χ1n) is 3.97. The van der Waals surface area contributed by atoms with Gasteiger partial charge in [-0.3, -0.25) is 0 Å². The molecule has 1 aromatic rings. The zero-order valence-corrected chi connectivity index (χ0v) is 6.33. The highest BCUT2D eigenvalue weighted by Crippen LogP contribution is 2.39. The van der Waals surface area contributed by atoms with Crippen molar-refractivity contribution in [3.63, 3.8) is 0 Å². The minimum absolute atomic E-state index is 0.773. The average molecular weight is 145 g/mol. The molecule has 1 radical (unpaired) electrons. The third-order valence-corrected chi connectivity index (χ3v) is 2.11. The van der Waals surface area contributed by atoms with Crippen molar-refractivity contribution < 1.29 is 5.02 Å². The van der Waals surface area contributed by atoms with Gasteiger partial charge < -0.3 is 5.02 Å². The van der Waals surface area contributed by atoms with Crippen LogP contribution in [0.15, 0.2) is 24.3 Å². The van der Waals surface area contributed by atoms with E-state index in [1.165, 1.54) is 18.4 Å². The second-order valence-corrected chi connectivity index (χ2v) is 3.07. The molecule has 2 heteroatoms. The van der Waals surface area contributed by atoms with Crippen molar-refractivity contribution in [1.82, 2.24) is 0 Å². The lowest BCUT2D eigenvalue weighted by Gasteiger charge is -1.98. The fourth-order valence-corrected chi connectivity index (χ4v) is 1.31. The van der Waals surface area contributed by atoms with E-state index in [-0.39, 0.29) is 0 Å². The van der Waals surface area contributed by atoms with Crippen LogP contribution in [0.3, 0.4) is 0 Å². The van der Waals surface area contributed by atoms with E-state index in [1.54, 1.807) is 0 Å². The minimum Gasteiger partial charge on any atom is -0.450 e. The van der Waals surface area contributed by atoms with Crippen molar-refractivity contribution in [2.45, 2.75) is 18.8 Å². The molecular formula is C9H10BO. The van der Waals surface area contributed by atoms with Crippen LogP contribution in [0.25, 0.3) is 0 Å². The first kappa shape index (κ1) is 6.92.